The molecule has 9 heteroatoms. The van der Waals surface area contributed by atoms with Crippen LogP contribution >= 0.6 is 23.2 Å². The largest absolute Gasteiger partial charge is 0.390 e. The fourth-order valence-corrected chi connectivity index (χ4v) is 3.28. The molecule has 20 heavy (non-hydrogen) atoms. The minimum atomic E-state index is -3.94. The van der Waals surface area contributed by atoms with Crippen LogP contribution < -0.4 is 4.72 Å². The maximum absolute atomic E-state index is 13.0. The Hall–Kier alpha value is -1.28. The lowest BCUT2D eigenvalue weighted by Gasteiger charge is -2.10. The topological polar surface area (TPSA) is 82.2 Å². The second-order valence-corrected chi connectivity index (χ2v) is 6.37. The summed E-state index contributed by atoms with van der Waals surface area (Å²) in [5, 5.41) is 8.58. The molecule has 2 aromatic rings. The van der Waals surface area contributed by atoms with Gasteiger partial charge in [0.25, 0.3) is 10.0 Å². The van der Waals surface area contributed by atoms with Crippen LogP contribution in [-0.2, 0) is 16.6 Å². The number of hydrogen-bond donors (Lipinski definition) is 3. The van der Waals surface area contributed by atoms with Crippen LogP contribution in [0.15, 0.2) is 29.3 Å². The normalized spacial score (nSPS) is 11.6. The smallest absolute Gasteiger partial charge is 0.263 e. The molecule has 1 aromatic carbocycles. The molecule has 108 valence electrons. The number of H-pyrrole nitrogens is 1. The lowest BCUT2D eigenvalue weighted by molar-refractivity contribution is 0.277. The number of sulfonamides is 1. The Morgan fingerprint density at radius 3 is 2.35 bits per heavy atom. The van der Waals surface area contributed by atoms with Gasteiger partial charge in [0, 0.05) is 11.9 Å². The standard InChI is InChI=1S/C11H9Cl2FN2O3S/c12-9-1-6(14)2-10(13)11(9)16-20(18,19)8-3-7(5-17)15-4-8/h1-4,15-17H,5H2. The minimum absolute atomic E-state index is 0.0991. The van der Waals surface area contributed by atoms with E-state index in [9.17, 15) is 12.8 Å². The highest BCUT2D eigenvalue weighted by Crippen LogP contribution is 2.33. The molecule has 0 aliphatic carbocycles. The lowest BCUT2D eigenvalue weighted by Crippen LogP contribution is -2.13. The van der Waals surface area contributed by atoms with Crippen LogP contribution in [0.3, 0.4) is 0 Å². The first-order chi connectivity index (χ1) is 9.33. The highest BCUT2D eigenvalue weighted by molar-refractivity contribution is 7.92. The van der Waals surface area contributed by atoms with Crippen LogP contribution in [0, 0.1) is 5.82 Å². The fourth-order valence-electron chi connectivity index (χ4n) is 1.50. The molecule has 0 unspecified atom stereocenters. The van der Waals surface area contributed by atoms with E-state index in [0.717, 1.165) is 12.1 Å². The van der Waals surface area contributed by atoms with Gasteiger partial charge in [-0.3, -0.25) is 4.72 Å². The molecule has 0 saturated carbocycles. The van der Waals surface area contributed by atoms with E-state index >= 15 is 0 Å². The van der Waals surface area contributed by atoms with Gasteiger partial charge in [0.1, 0.15) is 10.7 Å². The van der Waals surface area contributed by atoms with Crippen LogP contribution in [0.1, 0.15) is 5.69 Å². The molecular weight excluding hydrogens is 330 g/mol. The van der Waals surface area contributed by atoms with Crippen LogP contribution in [0.4, 0.5) is 10.1 Å². The van der Waals surface area contributed by atoms with Crippen molar-refractivity contribution in [1.82, 2.24) is 4.98 Å². The summed E-state index contributed by atoms with van der Waals surface area (Å²) in [5.74, 6) is -0.674. The number of aliphatic hydroxyl groups is 1. The molecule has 2 rings (SSSR count). The molecule has 1 aromatic heterocycles. The molecule has 0 spiro atoms. The third kappa shape index (κ3) is 3.06. The number of anilines is 1. The molecule has 1 heterocycles. The van der Waals surface area contributed by atoms with E-state index in [4.69, 9.17) is 28.3 Å². The quantitative estimate of drug-likeness (QED) is 0.801. The number of benzene rings is 1. The van der Waals surface area contributed by atoms with Crippen molar-refractivity contribution >= 4 is 38.9 Å². The number of aliphatic hydroxyl groups excluding tert-OH is 1. The highest BCUT2D eigenvalue weighted by atomic mass is 35.5. The first-order valence-corrected chi connectivity index (χ1v) is 7.53. The van der Waals surface area contributed by atoms with E-state index in [1.54, 1.807) is 0 Å². The SMILES string of the molecule is O=S(=O)(Nc1c(Cl)cc(F)cc1Cl)c1c[nH]c(CO)c1. The molecule has 5 nitrogen and oxygen atoms in total. The first kappa shape index (κ1) is 15.1. The van der Waals surface area contributed by atoms with Crippen LogP contribution in [0.2, 0.25) is 10.0 Å². The van der Waals surface area contributed by atoms with Crippen molar-refractivity contribution in [2.24, 2.45) is 0 Å². The van der Waals surface area contributed by atoms with Crippen molar-refractivity contribution in [2.75, 3.05) is 4.72 Å². The van der Waals surface area contributed by atoms with Crippen molar-refractivity contribution in [3.63, 3.8) is 0 Å². The Labute approximate surface area is 124 Å². The monoisotopic (exact) mass is 338 g/mol. The van der Waals surface area contributed by atoms with Gasteiger partial charge in [-0.15, -0.1) is 0 Å². The third-order valence-electron chi connectivity index (χ3n) is 2.44. The number of hydrogen-bond acceptors (Lipinski definition) is 3. The van der Waals surface area contributed by atoms with Crippen molar-refractivity contribution in [1.29, 1.82) is 0 Å². The lowest BCUT2D eigenvalue weighted by atomic mass is 10.3. The van der Waals surface area contributed by atoms with Gasteiger partial charge in [-0.1, -0.05) is 23.2 Å². The van der Waals surface area contributed by atoms with Gasteiger partial charge in [-0.25, -0.2) is 12.8 Å². The molecule has 0 fully saturated rings. The zero-order valence-electron chi connectivity index (χ0n) is 9.82. The van der Waals surface area contributed by atoms with Gasteiger partial charge in [0.15, 0.2) is 0 Å². The van der Waals surface area contributed by atoms with Crippen molar-refractivity contribution in [3.8, 4) is 0 Å². The van der Waals surface area contributed by atoms with Crippen molar-refractivity contribution in [2.45, 2.75) is 11.5 Å². The van der Waals surface area contributed by atoms with Gasteiger partial charge >= 0.3 is 0 Å². The first-order valence-electron chi connectivity index (χ1n) is 5.29. The van der Waals surface area contributed by atoms with E-state index in [1.165, 1.54) is 12.3 Å². The Morgan fingerprint density at radius 2 is 1.85 bits per heavy atom. The van der Waals surface area contributed by atoms with Crippen LogP contribution in [0.5, 0.6) is 0 Å². The summed E-state index contributed by atoms with van der Waals surface area (Å²) in [7, 11) is -3.94. The molecule has 3 N–H and O–H groups in total. The van der Waals surface area contributed by atoms with E-state index in [2.05, 4.69) is 9.71 Å². The Kier molecular flexibility index (Phi) is 4.24. The third-order valence-corrected chi connectivity index (χ3v) is 4.37. The van der Waals surface area contributed by atoms with E-state index in [-0.39, 0.29) is 27.2 Å². The van der Waals surface area contributed by atoms with E-state index in [0.29, 0.717) is 5.69 Å². The molecular formula is C11H9Cl2FN2O3S. The summed E-state index contributed by atoms with van der Waals surface area (Å²) in [6.45, 7) is -0.326. The van der Waals surface area contributed by atoms with E-state index < -0.39 is 15.8 Å². The number of aromatic nitrogens is 1. The minimum Gasteiger partial charge on any atom is -0.390 e. The summed E-state index contributed by atoms with van der Waals surface area (Å²) in [6, 6.07) is 3.15. The maximum Gasteiger partial charge on any atom is 0.263 e. The van der Waals surface area contributed by atoms with Crippen molar-refractivity contribution < 1.29 is 17.9 Å². The second kappa shape index (κ2) is 5.61. The van der Waals surface area contributed by atoms with Gasteiger partial charge in [0.2, 0.25) is 0 Å². The van der Waals surface area contributed by atoms with E-state index in [1.807, 2.05) is 0 Å². The number of aromatic amines is 1. The van der Waals surface area contributed by atoms with Crippen LogP contribution in [-0.4, -0.2) is 18.5 Å². The van der Waals surface area contributed by atoms with Crippen molar-refractivity contribution in [3.05, 3.63) is 46.0 Å². The summed E-state index contributed by atoms with van der Waals surface area (Å²) in [5.41, 5.74) is 0.225. The molecule has 0 bridgehead atoms. The van der Waals surface area contributed by atoms with Gasteiger partial charge in [0.05, 0.1) is 22.3 Å². The summed E-state index contributed by atoms with van der Waals surface area (Å²) in [6.07, 6.45) is 1.21. The van der Waals surface area contributed by atoms with Gasteiger partial charge in [-0.2, -0.15) is 0 Å². The van der Waals surface area contributed by atoms with Gasteiger partial charge < -0.3 is 10.1 Å². The summed E-state index contributed by atoms with van der Waals surface area (Å²) in [4.78, 5) is 2.49. The predicted octanol–water partition coefficient (Wildman–Crippen LogP) is 2.75. The molecule has 0 radical (unpaired) electrons. The maximum atomic E-state index is 13.0. The molecule has 0 aliphatic rings. The molecule has 0 amide bonds. The summed E-state index contributed by atoms with van der Waals surface area (Å²) < 4.78 is 39.4. The van der Waals surface area contributed by atoms with Crippen LogP contribution in [0.25, 0.3) is 0 Å². The average Bonchev–Trinajstić information content (AvgIpc) is 2.83. The highest BCUT2D eigenvalue weighted by Gasteiger charge is 2.19. The molecule has 0 saturated heterocycles. The number of nitrogens with one attached hydrogen (secondary N) is 2. The zero-order chi connectivity index (χ0) is 14.9. The zero-order valence-corrected chi connectivity index (χ0v) is 12.2. The molecule has 0 aliphatic heterocycles. The van der Waals surface area contributed by atoms with Gasteiger partial charge in [-0.05, 0) is 18.2 Å². The summed E-state index contributed by atoms with van der Waals surface area (Å²) >= 11 is 11.5. The Morgan fingerprint density at radius 1 is 1.25 bits per heavy atom. The second-order valence-electron chi connectivity index (χ2n) is 3.87. The fraction of sp³-hybridized carbons (Fsp3) is 0.0909. The number of halogens is 3. The Balaban J connectivity index is 2.38. The number of rotatable bonds is 4. The Bertz CT molecular complexity index is 723. The average molecular weight is 339 g/mol. The molecule has 0 atom stereocenters. The predicted molar refractivity (Wildman–Crippen MR) is 73.9 cm³/mol.